The lowest BCUT2D eigenvalue weighted by molar-refractivity contribution is -0.131. The van der Waals surface area contributed by atoms with Crippen LogP contribution < -0.4 is 5.32 Å². The van der Waals surface area contributed by atoms with Crippen LogP contribution in [0.5, 0.6) is 0 Å². The van der Waals surface area contributed by atoms with Gasteiger partial charge < -0.3 is 10.3 Å². The van der Waals surface area contributed by atoms with Crippen molar-refractivity contribution in [3.8, 4) is 0 Å². The molecule has 0 bridgehead atoms. The zero-order valence-corrected chi connectivity index (χ0v) is 19.9. The number of carbonyl (C=O) groups excluding carboxylic acids is 1. The molecule has 1 atom stereocenters. The van der Waals surface area contributed by atoms with Crippen molar-refractivity contribution in [2.24, 2.45) is 5.41 Å². The fourth-order valence-corrected chi connectivity index (χ4v) is 6.37. The monoisotopic (exact) mass is 464 g/mol. The van der Waals surface area contributed by atoms with Crippen molar-refractivity contribution in [2.75, 3.05) is 12.0 Å². The summed E-state index contributed by atoms with van der Waals surface area (Å²) in [6.45, 7) is 0. The summed E-state index contributed by atoms with van der Waals surface area (Å²) in [5.74, 6) is 1.97. The van der Waals surface area contributed by atoms with Gasteiger partial charge in [-0.2, -0.15) is 11.8 Å². The van der Waals surface area contributed by atoms with Crippen LogP contribution in [0.4, 0.5) is 0 Å². The van der Waals surface area contributed by atoms with E-state index < -0.39 is 0 Å². The predicted molar refractivity (Wildman–Crippen MR) is 134 cm³/mol. The molecule has 1 fully saturated rings. The zero-order valence-electron chi connectivity index (χ0n) is 18.3. The third-order valence-electron chi connectivity index (χ3n) is 6.52. The first kappa shape index (κ1) is 21.5. The van der Waals surface area contributed by atoms with Gasteiger partial charge in [0.1, 0.15) is 5.82 Å². The molecule has 4 aromatic rings. The Morgan fingerprint density at radius 2 is 1.88 bits per heavy atom. The second-order valence-corrected chi connectivity index (χ2v) is 10.8. The van der Waals surface area contributed by atoms with Crippen molar-refractivity contribution in [3.05, 3.63) is 59.4 Å². The number of hydrogen-bond donors (Lipinski definition) is 2. The second kappa shape index (κ2) is 9.24. The molecule has 166 valence electrons. The number of rotatable bonds is 8. The summed E-state index contributed by atoms with van der Waals surface area (Å²) < 4.78 is 1.19. The highest BCUT2D eigenvalue weighted by Gasteiger charge is 2.43. The van der Waals surface area contributed by atoms with E-state index in [4.69, 9.17) is 9.97 Å². The van der Waals surface area contributed by atoms with Crippen molar-refractivity contribution in [1.29, 1.82) is 0 Å². The van der Waals surface area contributed by atoms with E-state index >= 15 is 0 Å². The molecular weight excluding hydrogens is 436 g/mol. The highest BCUT2D eigenvalue weighted by atomic mass is 32.2. The maximum atomic E-state index is 13.8. The number of benzene rings is 2. The van der Waals surface area contributed by atoms with Gasteiger partial charge in [-0.15, -0.1) is 11.3 Å². The summed E-state index contributed by atoms with van der Waals surface area (Å²) in [6, 6.07) is 16.2. The van der Waals surface area contributed by atoms with Crippen LogP contribution in [0.15, 0.2) is 48.5 Å². The Hall–Kier alpha value is -2.38. The first-order valence-corrected chi connectivity index (χ1v) is 13.5. The van der Waals surface area contributed by atoms with Gasteiger partial charge in [0.25, 0.3) is 0 Å². The number of nitrogens with zero attached hydrogens (tertiary/aromatic N) is 2. The molecule has 0 spiro atoms. The van der Waals surface area contributed by atoms with Gasteiger partial charge in [-0.05, 0) is 55.5 Å². The van der Waals surface area contributed by atoms with Gasteiger partial charge in [0.2, 0.25) is 5.91 Å². The third kappa shape index (κ3) is 4.28. The van der Waals surface area contributed by atoms with Crippen LogP contribution in [-0.4, -0.2) is 32.9 Å². The molecule has 7 heteroatoms. The molecule has 5 nitrogen and oxygen atoms in total. The maximum Gasteiger partial charge on any atom is 0.227 e. The van der Waals surface area contributed by atoms with Crippen LogP contribution in [0.25, 0.3) is 21.3 Å². The molecule has 2 N–H and O–H groups in total. The van der Waals surface area contributed by atoms with E-state index in [9.17, 15) is 4.79 Å². The minimum atomic E-state index is -0.377. The molecule has 1 aliphatic rings. The topological polar surface area (TPSA) is 70.7 Å². The van der Waals surface area contributed by atoms with E-state index in [1.165, 1.54) is 4.70 Å². The van der Waals surface area contributed by atoms with E-state index in [1.807, 2.05) is 36.4 Å². The average molecular weight is 465 g/mol. The normalized spacial score (nSPS) is 16.5. The number of fused-ring (bicyclic) bond motifs is 2. The Morgan fingerprint density at radius 1 is 1.12 bits per heavy atom. The minimum Gasteiger partial charge on any atom is -0.346 e. The van der Waals surface area contributed by atoms with Gasteiger partial charge in [-0.25, -0.2) is 9.97 Å². The van der Waals surface area contributed by atoms with Gasteiger partial charge in [0.05, 0.1) is 37.7 Å². The zero-order chi connectivity index (χ0) is 22.0. The Kier molecular flexibility index (Phi) is 6.20. The SMILES string of the molecule is CSCC[C@@H](NC(=O)C1(Cc2nc3ccccc3s2)CCCC1)c1nc2ccccc2[nH]1. The van der Waals surface area contributed by atoms with Gasteiger partial charge >= 0.3 is 0 Å². The highest BCUT2D eigenvalue weighted by Crippen LogP contribution is 2.43. The van der Waals surface area contributed by atoms with Crippen LogP contribution in [0.1, 0.15) is 49.0 Å². The molecule has 0 aliphatic heterocycles. The van der Waals surface area contributed by atoms with Crippen molar-refractivity contribution in [1.82, 2.24) is 20.3 Å². The van der Waals surface area contributed by atoms with Crippen molar-refractivity contribution in [2.45, 2.75) is 44.6 Å². The number of thiazole rings is 1. The number of H-pyrrole nitrogens is 1. The van der Waals surface area contributed by atoms with Crippen molar-refractivity contribution >= 4 is 50.3 Å². The van der Waals surface area contributed by atoms with Crippen LogP contribution in [0.3, 0.4) is 0 Å². The number of aromatic amines is 1. The fourth-order valence-electron chi connectivity index (χ4n) is 4.78. The highest BCUT2D eigenvalue weighted by molar-refractivity contribution is 7.98. The van der Waals surface area contributed by atoms with Gasteiger partial charge in [-0.1, -0.05) is 37.1 Å². The van der Waals surface area contributed by atoms with E-state index in [2.05, 4.69) is 28.7 Å². The Morgan fingerprint density at radius 3 is 2.62 bits per heavy atom. The summed E-state index contributed by atoms with van der Waals surface area (Å²) in [5.41, 5.74) is 2.60. The first-order chi connectivity index (χ1) is 15.7. The molecule has 1 amide bonds. The molecule has 0 radical (unpaired) electrons. The molecule has 2 aromatic carbocycles. The lowest BCUT2D eigenvalue weighted by atomic mass is 9.81. The smallest absolute Gasteiger partial charge is 0.227 e. The van der Waals surface area contributed by atoms with Crippen LogP contribution in [0, 0.1) is 5.41 Å². The van der Waals surface area contributed by atoms with E-state index in [0.717, 1.165) is 65.2 Å². The van der Waals surface area contributed by atoms with Crippen molar-refractivity contribution in [3.63, 3.8) is 0 Å². The number of hydrogen-bond acceptors (Lipinski definition) is 5. The molecule has 32 heavy (non-hydrogen) atoms. The molecule has 1 aliphatic carbocycles. The van der Waals surface area contributed by atoms with Gasteiger partial charge in [0.15, 0.2) is 0 Å². The molecular formula is C25H28N4OS2. The van der Waals surface area contributed by atoms with Crippen molar-refractivity contribution < 1.29 is 4.79 Å². The van der Waals surface area contributed by atoms with Gasteiger partial charge in [-0.3, -0.25) is 4.79 Å². The number of thioether (sulfide) groups is 1. The van der Waals surface area contributed by atoms with Crippen LogP contribution in [-0.2, 0) is 11.2 Å². The summed E-state index contributed by atoms with van der Waals surface area (Å²) in [5, 5.41) is 4.46. The predicted octanol–water partition coefficient (Wildman–Crippen LogP) is 5.89. The first-order valence-electron chi connectivity index (χ1n) is 11.3. The standard InChI is InChI=1S/C25H28N4OS2/c1-31-15-12-20(23-27-17-8-2-3-9-18(17)28-23)29-24(30)25(13-6-7-14-25)16-22-26-19-10-4-5-11-21(19)32-22/h2-5,8-11,20H,6-7,12-16H2,1H3,(H,27,28)(H,29,30)/t20-/m1/s1. The van der Waals surface area contributed by atoms with Crippen LogP contribution >= 0.6 is 23.1 Å². The van der Waals surface area contributed by atoms with Gasteiger partial charge in [0, 0.05) is 6.42 Å². The summed E-state index contributed by atoms with van der Waals surface area (Å²) in [4.78, 5) is 26.8. The number of carbonyl (C=O) groups is 1. The Balaban J connectivity index is 1.40. The summed E-state index contributed by atoms with van der Waals surface area (Å²) in [6.07, 6.45) is 7.70. The third-order valence-corrected chi connectivity index (χ3v) is 8.20. The fraction of sp³-hybridized carbons (Fsp3) is 0.400. The number of amides is 1. The van der Waals surface area contributed by atoms with Crippen LogP contribution in [0.2, 0.25) is 0 Å². The Bertz CT molecular complexity index is 1160. The summed E-state index contributed by atoms with van der Waals surface area (Å²) in [7, 11) is 0. The molecule has 5 rings (SSSR count). The molecule has 2 aromatic heterocycles. The largest absolute Gasteiger partial charge is 0.346 e. The molecule has 0 saturated heterocycles. The number of para-hydroxylation sites is 3. The summed E-state index contributed by atoms with van der Waals surface area (Å²) >= 11 is 3.51. The second-order valence-electron chi connectivity index (χ2n) is 8.69. The number of imidazole rings is 1. The van der Waals surface area contributed by atoms with E-state index in [1.54, 1.807) is 23.1 Å². The molecule has 0 unspecified atom stereocenters. The number of aromatic nitrogens is 3. The maximum absolute atomic E-state index is 13.8. The lowest BCUT2D eigenvalue weighted by Crippen LogP contribution is -2.43. The molecule has 2 heterocycles. The minimum absolute atomic E-state index is 0.116. The Labute approximate surface area is 196 Å². The quantitative estimate of drug-likeness (QED) is 0.341. The molecule has 1 saturated carbocycles. The average Bonchev–Trinajstić information content (AvgIpc) is 3.54. The van der Waals surface area contributed by atoms with E-state index in [-0.39, 0.29) is 17.4 Å². The van der Waals surface area contributed by atoms with E-state index in [0.29, 0.717) is 6.42 Å². The number of nitrogens with one attached hydrogen (secondary N) is 2. The lowest BCUT2D eigenvalue weighted by Gasteiger charge is -2.29.